The van der Waals surface area contributed by atoms with Gasteiger partial charge in [0.1, 0.15) is 11.6 Å². The van der Waals surface area contributed by atoms with Crippen molar-refractivity contribution in [1.29, 1.82) is 0 Å². The Balaban J connectivity index is 1.91. The predicted octanol–water partition coefficient (Wildman–Crippen LogP) is 0.651. The standard InChI is InChI=1S/C18H21FN4O4/c1-22(2)13-10-27-8-7-23-16(13)21-14(15(24)18(23)26)17(25)20-9-11-3-5-12(19)6-4-11/h3-6,13,24H,7-10H2,1-2H3,(H,20,25). The Bertz CT molecular complexity index is 895. The van der Waals surface area contributed by atoms with Crippen molar-refractivity contribution in [2.24, 2.45) is 0 Å². The molecule has 9 heteroatoms. The molecule has 1 aliphatic rings. The Hall–Kier alpha value is -2.78. The molecule has 0 saturated heterocycles. The molecule has 0 radical (unpaired) electrons. The van der Waals surface area contributed by atoms with Gasteiger partial charge in [-0.3, -0.25) is 19.1 Å². The molecule has 2 aromatic rings. The molecule has 0 bridgehead atoms. The van der Waals surface area contributed by atoms with Crippen molar-refractivity contribution in [3.05, 3.63) is 57.5 Å². The first-order valence-corrected chi connectivity index (χ1v) is 8.49. The van der Waals surface area contributed by atoms with Crippen LogP contribution in [0, 0.1) is 5.82 Å². The van der Waals surface area contributed by atoms with Crippen LogP contribution in [0.4, 0.5) is 4.39 Å². The van der Waals surface area contributed by atoms with E-state index in [4.69, 9.17) is 4.74 Å². The van der Waals surface area contributed by atoms with Crippen molar-refractivity contribution in [2.45, 2.75) is 19.1 Å². The van der Waals surface area contributed by atoms with E-state index in [1.54, 1.807) is 0 Å². The van der Waals surface area contributed by atoms with Crippen LogP contribution < -0.4 is 10.9 Å². The number of ether oxygens (including phenoxy) is 1. The maximum Gasteiger partial charge on any atom is 0.296 e. The van der Waals surface area contributed by atoms with E-state index in [0.29, 0.717) is 24.6 Å². The van der Waals surface area contributed by atoms with Gasteiger partial charge in [-0.05, 0) is 31.8 Å². The summed E-state index contributed by atoms with van der Waals surface area (Å²) < 4.78 is 19.8. The van der Waals surface area contributed by atoms with Crippen LogP contribution in [0.1, 0.15) is 27.9 Å². The van der Waals surface area contributed by atoms with Crippen molar-refractivity contribution >= 4 is 5.91 Å². The van der Waals surface area contributed by atoms with Crippen LogP contribution >= 0.6 is 0 Å². The van der Waals surface area contributed by atoms with Crippen LogP contribution in [0.3, 0.4) is 0 Å². The molecule has 0 spiro atoms. The van der Waals surface area contributed by atoms with Gasteiger partial charge in [-0.25, -0.2) is 9.37 Å². The Morgan fingerprint density at radius 2 is 2.11 bits per heavy atom. The normalized spacial score (nSPS) is 16.7. The lowest BCUT2D eigenvalue weighted by Crippen LogP contribution is -2.35. The lowest BCUT2D eigenvalue weighted by Gasteiger charge is -2.23. The molecule has 1 atom stereocenters. The van der Waals surface area contributed by atoms with Crippen molar-refractivity contribution in [3.63, 3.8) is 0 Å². The summed E-state index contributed by atoms with van der Waals surface area (Å²) in [6.07, 6.45) is 0. The average molecular weight is 376 g/mol. The average Bonchev–Trinajstić information content (AvgIpc) is 2.86. The number of hydrogen-bond acceptors (Lipinski definition) is 6. The van der Waals surface area contributed by atoms with E-state index in [1.165, 1.54) is 28.8 Å². The number of aromatic hydroxyl groups is 1. The summed E-state index contributed by atoms with van der Waals surface area (Å²) in [6.45, 7) is 0.991. The predicted molar refractivity (Wildman–Crippen MR) is 95.0 cm³/mol. The molecule has 1 aromatic heterocycles. The van der Waals surface area contributed by atoms with Gasteiger partial charge in [0.15, 0.2) is 5.69 Å². The van der Waals surface area contributed by atoms with E-state index in [2.05, 4.69) is 10.3 Å². The van der Waals surface area contributed by atoms with Gasteiger partial charge >= 0.3 is 0 Å². The molecule has 8 nitrogen and oxygen atoms in total. The van der Waals surface area contributed by atoms with Crippen LogP contribution in [0.2, 0.25) is 0 Å². The molecule has 1 amide bonds. The Morgan fingerprint density at radius 3 is 2.78 bits per heavy atom. The monoisotopic (exact) mass is 376 g/mol. The molecular weight excluding hydrogens is 355 g/mol. The highest BCUT2D eigenvalue weighted by Gasteiger charge is 2.28. The number of hydrogen-bond donors (Lipinski definition) is 2. The lowest BCUT2D eigenvalue weighted by molar-refractivity contribution is 0.0866. The van der Waals surface area contributed by atoms with Gasteiger partial charge in [-0.15, -0.1) is 0 Å². The number of fused-ring (bicyclic) bond motifs is 1. The second-order valence-electron chi connectivity index (χ2n) is 6.49. The van der Waals surface area contributed by atoms with Crippen molar-refractivity contribution < 1.29 is 19.0 Å². The molecular formula is C18H21FN4O4. The SMILES string of the molecule is CN(C)C1COCCn2c1nc(C(=O)NCc1ccc(F)cc1)c(O)c2=O. The summed E-state index contributed by atoms with van der Waals surface area (Å²) in [5.41, 5.74) is -0.332. The number of amides is 1. The largest absolute Gasteiger partial charge is 0.501 e. The van der Waals surface area contributed by atoms with E-state index >= 15 is 0 Å². The Kier molecular flexibility index (Phi) is 5.52. The van der Waals surface area contributed by atoms with Gasteiger partial charge in [0.2, 0.25) is 5.75 Å². The zero-order valence-corrected chi connectivity index (χ0v) is 15.1. The van der Waals surface area contributed by atoms with Crippen LogP contribution in [-0.2, 0) is 17.8 Å². The molecule has 2 N–H and O–H groups in total. The third kappa shape index (κ3) is 3.99. The van der Waals surface area contributed by atoms with Crippen LogP contribution in [0.5, 0.6) is 5.75 Å². The fourth-order valence-electron chi connectivity index (χ4n) is 2.86. The highest BCUT2D eigenvalue weighted by Crippen LogP contribution is 2.21. The fraction of sp³-hybridized carbons (Fsp3) is 0.389. The van der Waals surface area contributed by atoms with Crippen LogP contribution in [0.25, 0.3) is 0 Å². The van der Waals surface area contributed by atoms with E-state index < -0.39 is 17.2 Å². The number of carbonyl (C=O) groups is 1. The van der Waals surface area contributed by atoms with E-state index in [-0.39, 0.29) is 30.6 Å². The highest BCUT2D eigenvalue weighted by molar-refractivity contribution is 5.94. The number of likely N-dealkylation sites (N-methyl/N-ethyl adjacent to an activating group) is 1. The molecule has 2 heterocycles. The molecule has 1 aliphatic heterocycles. The summed E-state index contributed by atoms with van der Waals surface area (Å²) >= 11 is 0. The van der Waals surface area contributed by atoms with Crippen molar-refractivity contribution in [1.82, 2.24) is 19.8 Å². The maximum atomic E-state index is 13.0. The minimum atomic E-state index is -0.699. The van der Waals surface area contributed by atoms with Gasteiger partial charge in [0.05, 0.1) is 25.8 Å². The molecule has 1 aromatic carbocycles. The number of rotatable bonds is 4. The van der Waals surface area contributed by atoms with Gasteiger partial charge in [0, 0.05) is 6.54 Å². The zero-order chi connectivity index (χ0) is 19.6. The number of benzene rings is 1. The van der Waals surface area contributed by atoms with E-state index in [1.807, 2.05) is 19.0 Å². The van der Waals surface area contributed by atoms with Gasteiger partial charge in [0.25, 0.3) is 11.5 Å². The van der Waals surface area contributed by atoms with Gasteiger partial charge in [-0.1, -0.05) is 12.1 Å². The molecule has 0 saturated carbocycles. The summed E-state index contributed by atoms with van der Waals surface area (Å²) in [4.78, 5) is 31.2. The third-order valence-electron chi connectivity index (χ3n) is 4.41. The Labute approximate surface area is 155 Å². The number of carbonyl (C=O) groups excluding carboxylic acids is 1. The summed E-state index contributed by atoms with van der Waals surface area (Å²) in [5.74, 6) is -1.39. The minimum Gasteiger partial charge on any atom is -0.501 e. The Morgan fingerprint density at radius 1 is 1.41 bits per heavy atom. The first kappa shape index (κ1) is 19.0. The fourth-order valence-corrected chi connectivity index (χ4v) is 2.86. The second kappa shape index (κ2) is 7.85. The van der Waals surface area contributed by atoms with Crippen molar-refractivity contribution in [3.8, 4) is 5.75 Å². The molecule has 1 unspecified atom stereocenters. The molecule has 3 rings (SSSR count). The summed E-state index contributed by atoms with van der Waals surface area (Å²) in [6, 6.07) is 5.31. The third-order valence-corrected chi connectivity index (χ3v) is 4.41. The second-order valence-corrected chi connectivity index (χ2v) is 6.49. The topological polar surface area (TPSA) is 96.7 Å². The molecule has 0 fully saturated rings. The van der Waals surface area contributed by atoms with Crippen LogP contribution in [0.15, 0.2) is 29.1 Å². The number of aromatic nitrogens is 2. The van der Waals surface area contributed by atoms with E-state index in [9.17, 15) is 19.1 Å². The minimum absolute atomic E-state index is 0.110. The van der Waals surface area contributed by atoms with E-state index in [0.717, 1.165) is 0 Å². The maximum absolute atomic E-state index is 13.0. The number of nitrogens with zero attached hydrogens (tertiary/aromatic N) is 3. The smallest absolute Gasteiger partial charge is 0.296 e. The zero-order valence-electron chi connectivity index (χ0n) is 15.1. The van der Waals surface area contributed by atoms with Crippen molar-refractivity contribution in [2.75, 3.05) is 27.3 Å². The first-order chi connectivity index (χ1) is 12.9. The van der Waals surface area contributed by atoms with Crippen LogP contribution in [-0.4, -0.2) is 52.8 Å². The molecule has 144 valence electrons. The lowest BCUT2D eigenvalue weighted by atomic mass is 10.2. The summed E-state index contributed by atoms with van der Waals surface area (Å²) in [5, 5.41) is 12.8. The summed E-state index contributed by atoms with van der Waals surface area (Å²) in [7, 11) is 3.63. The number of nitrogens with one attached hydrogen (secondary N) is 1. The van der Waals surface area contributed by atoms with Gasteiger partial charge < -0.3 is 15.2 Å². The highest BCUT2D eigenvalue weighted by atomic mass is 19.1. The first-order valence-electron chi connectivity index (χ1n) is 8.49. The molecule has 27 heavy (non-hydrogen) atoms. The molecule has 0 aliphatic carbocycles. The van der Waals surface area contributed by atoms with Gasteiger partial charge in [-0.2, -0.15) is 0 Å². The quantitative estimate of drug-likeness (QED) is 0.813. The number of halogens is 1.